The fraction of sp³-hybridized carbons (Fsp3) is 0.647. The van der Waals surface area contributed by atoms with Crippen LogP contribution in [0.15, 0.2) is 24.3 Å². The van der Waals surface area contributed by atoms with Gasteiger partial charge in [-0.2, -0.15) is 0 Å². The monoisotopic (exact) mass is 294 g/mol. The molecule has 3 heteroatoms. The van der Waals surface area contributed by atoms with E-state index in [0.717, 1.165) is 24.0 Å². The third-order valence-corrected chi connectivity index (χ3v) is 5.32. The Morgan fingerprint density at radius 1 is 1.35 bits per heavy atom. The highest BCUT2D eigenvalue weighted by molar-refractivity contribution is 6.30. The van der Waals surface area contributed by atoms with Crippen LogP contribution in [0.5, 0.6) is 5.75 Å². The molecule has 2 bridgehead atoms. The van der Waals surface area contributed by atoms with Gasteiger partial charge >= 0.3 is 0 Å². The molecule has 2 aliphatic carbocycles. The average Bonchev–Trinajstić information content (AvgIpc) is 3.01. The second-order valence-corrected chi connectivity index (χ2v) is 6.95. The number of hydrogen-bond donors (Lipinski definition) is 1. The van der Waals surface area contributed by atoms with Crippen LogP contribution in [0.2, 0.25) is 5.02 Å². The lowest BCUT2D eigenvalue weighted by molar-refractivity contribution is 0.0241. The highest BCUT2D eigenvalue weighted by Gasteiger charge is 2.40. The van der Waals surface area contributed by atoms with E-state index in [-0.39, 0.29) is 6.10 Å². The summed E-state index contributed by atoms with van der Waals surface area (Å²) < 4.78 is 5.81. The molecule has 0 saturated heterocycles. The van der Waals surface area contributed by atoms with Crippen LogP contribution in [0.1, 0.15) is 39.0 Å². The Morgan fingerprint density at radius 3 is 2.85 bits per heavy atom. The van der Waals surface area contributed by atoms with Gasteiger partial charge in [-0.15, -0.1) is 0 Å². The molecule has 0 aromatic heterocycles. The van der Waals surface area contributed by atoms with Crippen molar-refractivity contribution in [2.75, 3.05) is 0 Å². The lowest BCUT2D eigenvalue weighted by Gasteiger charge is -2.27. The Labute approximate surface area is 126 Å². The molecule has 1 N–H and O–H groups in total. The van der Waals surface area contributed by atoms with Crippen LogP contribution in [0.25, 0.3) is 0 Å². The standard InChI is InChI=1S/C17H23ClO2/c1-11(20-16-4-2-3-15(18)10-16)17(19)9-14-8-12-5-6-13(14)7-12/h2-4,10-14,17,19H,5-9H2,1H3. The van der Waals surface area contributed by atoms with Crippen molar-refractivity contribution in [1.82, 2.24) is 0 Å². The molecule has 110 valence electrons. The molecule has 0 spiro atoms. The first-order chi connectivity index (χ1) is 9.61. The number of fused-ring (bicyclic) bond motifs is 2. The van der Waals surface area contributed by atoms with E-state index in [9.17, 15) is 5.11 Å². The van der Waals surface area contributed by atoms with E-state index in [1.54, 1.807) is 6.07 Å². The maximum Gasteiger partial charge on any atom is 0.122 e. The number of aliphatic hydroxyl groups is 1. The quantitative estimate of drug-likeness (QED) is 0.877. The number of rotatable bonds is 5. The Hall–Kier alpha value is -0.730. The molecule has 0 amide bonds. The van der Waals surface area contributed by atoms with Crippen LogP contribution in [0.4, 0.5) is 0 Å². The van der Waals surface area contributed by atoms with Gasteiger partial charge in [0.25, 0.3) is 0 Å². The van der Waals surface area contributed by atoms with Gasteiger partial charge in [-0.25, -0.2) is 0 Å². The zero-order valence-corrected chi connectivity index (χ0v) is 12.7. The van der Waals surface area contributed by atoms with Crippen molar-refractivity contribution in [3.63, 3.8) is 0 Å². The summed E-state index contributed by atoms with van der Waals surface area (Å²) in [7, 11) is 0. The Morgan fingerprint density at radius 2 is 2.20 bits per heavy atom. The molecular formula is C17H23ClO2. The van der Waals surface area contributed by atoms with Gasteiger partial charge in [0, 0.05) is 5.02 Å². The molecule has 5 atom stereocenters. The third-order valence-electron chi connectivity index (χ3n) is 5.09. The van der Waals surface area contributed by atoms with Crippen molar-refractivity contribution in [3.8, 4) is 5.75 Å². The molecule has 0 radical (unpaired) electrons. The number of aliphatic hydroxyl groups excluding tert-OH is 1. The Bertz CT molecular complexity index is 462. The summed E-state index contributed by atoms with van der Waals surface area (Å²) in [5.41, 5.74) is 0. The minimum absolute atomic E-state index is 0.187. The fourth-order valence-electron chi connectivity index (χ4n) is 4.00. The topological polar surface area (TPSA) is 29.5 Å². The first-order valence-corrected chi connectivity index (χ1v) is 8.10. The predicted molar refractivity (Wildman–Crippen MR) is 81.1 cm³/mol. The molecule has 1 aromatic rings. The molecular weight excluding hydrogens is 272 g/mol. The number of ether oxygens (including phenoxy) is 1. The van der Waals surface area contributed by atoms with Crippen LogP contribution >= 0.6 is 11.6 Å². The fourth-order valence-corrected chi connectivity index (χ4v) is 4.18. The second kappa shape index (κ2) is 5.95. The Balaban J connectivity index is 1.53. The molecule has 20 heavy (non-hydrogen) atoms. The van der Waals surface area contributed by atoms with Gasteiger partial charge in [-0.3, -0.25) is 0 Å². The van der Waals surface area contributed by atoms with Gasteiger partial charge in [0.15, 0.2) is 0 Å². The third kappa shape index (κ3) is 3.12. The molecule has 0 heterocycles. The van der Waals surface area contributed by atoms with Crippen LogP contribution in [0, 0.1) is 17.8 Å². The van der Waals surface area contributed by atoms with Crippen molar-refractivity contribution in [2.24, 2.45) is 17.8 Å². The molecule has 5 unspecified atom stereocenters. The van der Waals surface area contributed by atoms with E-state index in [2.05, 4.69) is 0 Å². The summed E-state index contributed by atoms with van der Waals surface area (Å²) in [6.45, 7) is 1.94. The molecule has 2 fully saturated rings. The predicted octanol–water partition coefficient (Wildman–Crippen LogP) is 4.29. The maximum atomic E-state index is 10.4. The Kier molecular flexibility index (Phi) is 4.23. The first kappa shape index (κ1) is 14.2. The van der Waals surface area contributed by atoms with Crippen molar-refractivity contribution in [1.29, 1.82) is 0 Å². The van der Waals surface area contributed by atoms with E-state index in [0.29, 0.717) is 10.9 Å². The summed E-state index contributed by atoms with van der Waals surface area (Å²) in [5.74, 6) is 3.22. The first-order valence-electron chi connectivity index (χ1n) is 7.72. The summed E-state index contributed by atoms with van der Waals surface area (Å²) in [6.07, 6.45) is 5.78. The summed E-state index contributed by atoms with van der Waals surface area (Å²) in [6, 6.07) is 7.37. The van der Waals surface area contributed by atoms with Gasteiger partial charge in [0.2, 0.25) is 0 Å². The number of halogens is 1. The van der Waals surface area contributed by atoms with Gasteiger partial charge < -0.3 is 9.84 Å². The van der Waals surface area contributed by atoms with E-state index in [4.69, 9.17) is 16.3 Å². The normalized spacial score (nSPS) is 31.2. The average molecular weight is 295 g/mol. The molecule has 2 nitrogen and oxygen atoms in total. The van der Waals surface area contributed by atoms with Gasteiger partial charge in [0.1, 0.15) is 11.9 Å². The molecule has 1 aromatic carbocycles. The van der Waals surface area contributed by atoms with Crippen LogP contribution in [-0.4, -0.2) is 17.3 Å². The van der Waals surface area contributed by atoms with Crippen molar-refractivity contribution in [3.05, 3.63) is 29.3 Å². The van der Waals surface area contributed by atoms with Crippen LogP contribution in [0.3, 0.4) is 0 Å². The van der Waals surface area contributed by atoms with Gasteiger partial charge in [0.05, 0.1) is 6.10 Å². The highest BCUT2D eigenvalue weighted by Crippen LogP contribution is 2.50. The van der Waals surface area contributed by atoms with E-state index in [1.165, 1.54) is 25.7 Å². The number of hydrogen-bond acceptors (Lipinski definition) is 2. The molecule has 2 aliphatic rings. The van der Waals surface area contributed by atoms with Crippen molar-refractivity contribution >= 4 is 11.6 Å². The summed E-state index contributed by atoms with van der Waals surface area (Å²) >= 11 is 5.95. The zero-order chi connectivity index (χ0) is 14.1. The second-order valence-electron chi connectivity index (χ2n) is 6.52. The number of benzene rings is 1. The van der Waals surface area contributed by atoms with Crippen LogP contribution < -0.4 is 4.74 Å². The molecule has 3 rings (SSSR count). The van der Waals surface area contributed by atoms with Gasteiger partial charge in [-0.05, 0) is 68.6 Å². The SMILES string of the molecule is CC(Oc1cccc(Cl)c1)C(O)CC1CC2CCC1C2. The maximum absolute atomic E-state index is 10.4. The largest absolute Gasteiger partial charge is 0.488 e. The highest BCUT2D eigenvalue weighted by atomic mass is 35.5. The lowest BCUT2D eigenvalue weighted by Crippen LogP contribution is -2.32. The molecule has 2 saturated carbocycles. The van der Waals surface area contributed by atoms with Crippen molar-refractivity contribution in [2.45, 2.75) is 51.2 Å². The van der Waals surface area contributed by atoms with E-state index >= 15 is 0 Å². The van der Waals surface area contributed by atoms with E-state index in [1.807, 2.05) is 25.1 Å². The minimum atomic E-state index is -0.390. The van der Waals surface area contributed by atoms with Crippen molar-refractivity contribution < 1.29 is 9.84 Å². The summed E-state index contributed by atoms with van der Waals surface area (Å²) in [5, 5.41) is 11.0. The van der Waals surface area contributed by atoms with Gasteiger partial charge in [-0.1, -0.05) is 24.1 Å². The van der Waals surface area contributed by atoms with E-state index < -0.39 is 6.10 Å². The summed E-state index contributed by atoms with van der Waals surface area (Å²) in [4.78, 5) is 0. The van der Waals surface area contributed by atoms with Crippen LogP contribution in [-0.2, 0) is 0 Å². The zero-order valence-electron chi connectivity index (χ0n) is 12.0. The lowest BCUT2D eigenvalue weighted by atomic mass is 9.84. The smallest absolute Gasteiger partial charge is 0.122 e. The minimum Gasteiger partial charge on any atom is -0.488 e. The molecule has 0 aliphatic heterocycles.